The molecule has 4 aromatic rings. The molecule has 0 N–H and O–H groups in total. The molecule has 2 aromatic carbocycles. The minimum absolute atomic E-state index is 0.0424. The van der Waals surface area contributed by atoms with E-state index in [4.69, 9.17) is 4.42 Å². The Labute approximate surface area is 192 Å². The van der Waals surface area contributed by atoms with E-state index < -0.39 is 0 Å². The smallest absolute Gasteiger partial charge is 0.208 e. The number of hydrogen-bond donors (Lipinski definition) is 0. The topological polar surface area (TPSA) is 64.2 Å². The van der Waals surface area contributed by atoms with Crippen LogP contribution in [0.4, 0.5) is 0 Å². The summed E-state index contributed by atoms with van der Waals surface area (Å²) >= 11 is 1.41. The Morgan fingerprint density at radius 3 is 2.50 bits per heavy atom. The van der Waals surface area contributed by atoms with Gasteiger partial charge < -0.3 is 8.98 Å². The average Bonchev–Trinajstić information content (AvgIpc) is 3.34. The molecule has 6 nitrogen and oxygen atoms in total. The molecule has 1 atom stereocenters. The molecular weight excluding hydrogens is 420 g/mol. The van der Waals surface area contributed by atoms with Gasteiger partial charge in [-0.15, -0.1) is 10.2 Å². The van der Waals surface area contributed by atoms with E-state index in [1.54, 1.807) is 0 Å². The second-order valence-electron chi connectivity index (χ2n) is 8.06. The Hall–Kier alpha value is -2.90. The molecule has 0 saturated heterocycles. The van der Waals surface area contributed by atoms with Gasteiger partial charge in [0.25, 0.3) is 0 Å². The fourth-order valence-corrected chi connectivity index (χ4v) is 4.79. The van der Waals surface area contributed by atoms with Crippen molar-refractivity contribution >= 4 is 28.5 Å². The first kappa shape index (κ1) is 22.3. The molecule has 0 fully saturated rings. The third kappa shape index (κ3) is 4.49. The van der Waals surface area contributed by atoms with E-state index in [0.29, 0.717) is 12.3 Å². The van der Waals surface area contributed by atoms with Gasteiger partial charge in [-0.1, -0.05) is 67.2 Å². The minimum atomic E-state index is -0.0424. The van der Waals surface area contributed by atoms with Crippen LogP contribution in [0.1, 0.15) is 46.9 Å². The van der Waals surface area contributed by atoms with Crippen LogP contribution in [0.2, 0.25) is 0 Å². The Morgan fingerprint density at radius 1 is 1.09 bits per heavy atom. The Kier molecular flexibility index (Phi) is 6.77. The molecule has 0 saturated carbocycles. The lowest BCUT2D eigenvalue weighted by Crippen LogP contribution is -2.23. The number of aromatic nitrogens is 3. The SMILES string of the molecule is CC[C@H](c1nnc(SCC(=O)c2oc3ccccc3c2C)n1Cc1ccccc1)N(C)C. The summed E-state index contributed by atoms with van der Waals surface area (Å²) in [6.07, 6.45) is 0.918. The average molecular weight is 449 g/mol. The highest BCUT2D eigenvalue weighted by Gasteiger charge is 2.24. The molecule has 4 rings (SSSR count). The fraction of sp³-hybridized carbons (Fsp3) is 0.320. The lowest BCUT2D eigenvalue weighted by molar-refractivity contribution is 0.0993. The zero-order chi connectivity index (χ0) is 22.7. The van der Waals surface area contributed by atoms with Crippen molar-refractivity contribution in [2.45, 2.75) is 38.0 Å². The molecule has 0 amide bonds. The number of thioether (sulfide) groups is 1. The monoisotopic (exact) mass is 448 g/mol. The third-order valence-corrected chi connectivity index (χ3v) is 6.63. The van der Waals surface area contributed by atoms with Gasteiger partial charge in [0, 0.05) is 10.9 Å². The minimum Gasteiger partial charge on any atom is -0.453 e. The fourth-order valence-electron chi connectivity index (χ4n) is 3.98. The van der Waals surface area contributed by atoms with Crippen molar-refractivity contribution in [3.8, 4) is 0 Å². The van der Waals surface area contributed by atoms with Crippen molar-refractivity contribution in [1.29, 1.82) is 0 Å². The first-order valence-corrected chi connectivity index (χ1v) is 11.8. The van der Waals surface area contributed by atoms with Crippen LogP contribution in [0.25, 0.3) is 11.0 Å². The Morgan fingerprint density at radius 2 is 1.81 bits per heavy atom. The normalized spacial score (nSPS) is 12.5. The maximum Gasteiger partial charge on any atom is 0.208 e. The molecule has 7 heteroatoms. The lowest BCUT2D eigenvalue weighted by Gasteiger charge is -2.23. The Balaban J connectivity index is 1.60. The van der Waals surface area contributed by atoms with E-state index >= 15 is 0 Å². The second-order valence-corrected chi connectivity index (χ2v) is 9.01. The number of carbonyl (C=O) groups excluding carboxylic acids is 1. The van der Waals surface area contributed by atoms with Gasteiger partial charge in [0.15, 0.2) is 16.7 Å². The van der Waals surface area contributed by atoms with Gasteiger partial charge in [-0.3, -0.25) is 9.69 Å². The van der Waals surface area contributed by atoms with E-state index in [1.165, 1.54) is 17.3 Å². The molecule has 0 aliphatic rings. The summed E-state index contributed by atoms with van der Waals surface area (Å²) in [6, 6.07) is 18.1. The molecule has 0 unspecified atom stereocenters. The van der Waals surface area contributed by atoms with E-state index in [-0.39, 0.29) is 17.6 Å². The van der Waals surface area contributed by atoms with Gasteiger partial charge in [-0.2, -0.15) is 0 Å². The number of aryl methyl sites for hydroxylation is 1. The number of Topliss-reactive ketones (excluding diaryl/α,β-unsaturated/α-hetero) is 1. The number of hydrogen-bond acceptors (Lipinski definition) is 6. The number of benzene rings is 2. The van der Waals surface area contributed by atoms with Gasteiger partial charge >= 0.3 is 0 Å². The zero-order valence-electron chi connectivity index (χ0n) is 18.9. The van der Waals surface area contributed by atoms with Gasteiger partial charge in [0.2, 0.25) is 5.78 Å². The van der Waals surface area contributed by atoms with Gasteiger partial charge in [-0.25, -0.2) is 0 Å². The van der Waals surface area contributed by atoms with Crippen LogP contribution in [-0.2, 0) is 6.54 Å². The lowest BCUT2D eigenvalue weighted by atomic mass is 10.1. The number of ketones is 1. The second kappa shape index (κ2) is 9.71. The van der Waals surface area contributed by atoms with Crippen molar-refractivity contribution in [2.24, 2.45) is 0 Å². The van der Waals surface area contributed by atoms with Crippen LogP contribution >= 0.6 is 11.8 Å². The number of rotatable bonds is 9. The molecule has 0 spiro atoms. The van der Waals surface area contributed by atoms with E-state index in [9.17, 15) is 4.79 Å². The first-order chi connectivity index (χ1) is 15.5. The molecule has 0 bridgehead atoms. The van der Waals surface area contributed by atoms with Crippen LogP contribution in [0.5, 0.6) is 0 Å². The van der Waals surface area contributed by atoms with Crippen LogP contribution in [0.3, 0.4) is 0 Å². The number of para-hydroxylation sites is 1. The number of fused-ring (bicyclic) bond motifs is 1. The highest BCUT2D eigenvalue weighted by atomic mass is 32.2. The van der Waals surface area contributed by atoms with Gasteiger partial charge in [0.1, 0.15) is 5.58 Å². The summed E-state index contributed by atoms with van der Waals surface area (Å²) < 4.78 is 7.99. The van der Waals surface area contributed by atoms with Crippen LogP contribution in [0.15, 0.2) is 64.2 Å². The molecule has 166 valence electrons. The van der Waals surface area contributed by atoms with E-state index in [1.807, 2.05) is 49.4 Å². The molecule has 2 aromatic heterocycles. The number of furan rings is 1. The summed E-state index contributed by atoms with van der Waals surface area (Å²) in [7, 11) is 4.10. The van der Waals surface area contributed by atoms with Crippen molar-refractivity contribution in [1.82, 2.24) is 19.7 Å². The number of carbonyl (C=O) groups is 1. The summed E-state index contributed by atoms with van der Waals surface area (Å²) in [5, 5.41) is 10.7. The van der Waals surface area contributed by atoms with Crippen molar-refractivity contribution in [3.05, 3.63) is 77.3 Å². The molecular formula is C25H28N4O2S. The molecule has 2 heterocycles. The van der Waals surface area contributed by atoms with Crippen molar-refractivity contribution in [2.75, 3.05) is 19.8 Å². The van der Waals surface area contributed by atoms with E-state index in [0.717, 1.165) is 33.9 Å². The van der Waals surface area contributed by atoms with Crippen LogP contribution in [0, 0.1) is 6.92 Å². The summed E-state index contributed by atoms with van der Waals surface area (Å²) in [6.45, 7) is 4.74. The van der Waals surface area contributed by atoms with Crippen molar-refractivity contribution < 1.29 is 9.21 Å². The highest BCUT2D eigenvalue weighted by molar-refractivity contribution is 7.99. The van der Waals surface area contributed by atoms with E-state index in [2.05, 4.69) is 52.8 Å². The Bertz CT molecular complexity index is 1210. The zero-order valence-corrected chi connectivity index (χ0v) is 19.7. The molecule has 0 aliphatic heterocycles. The molecule has 0 radical (unpaired) electrons. The quantitative estimate of drug-likeness (QED) is 0.253. The summed E-state index contributed by atoms with van der Waals surface area (Å²) in [4.78, 5) is 15.2. The summed E-state index contributed by atoms with van der Waals surface area (Å²) in [5.41, 5.74) is 2.80. The summed E-state index contributed by atoms with van der Waals surface area (Å²) in [5.74, 6) is 1.54. The predicted molar refractivity (Wildman–Crippen MR) is 128 cm³/mol. The van der Waals surface area contributed by atoms with Gasteiger partial charge in [-0.05, 0) is 39.1 Å². The predicted octanol–water partition coefficient (Wildman–Crippen LogP) is 5.37. The van der Waals surface area contributed by atoms with Crippen LogP contribution in [-0.4, -0.2) is 45.3 Å². The van der Waals surface area contributed by atoms with Crippen molar-refractivity contribution in [3.63, 3.8) is 0 Å². The molecule has 32 heavy (non-hydrogen) atoms. The van der Waals surface area contributed by atoms with Crippen LogP contribution < -0.4 is 0 Å². The maximum atomic E-state index is 13.0. The number of nitrogens with zero attached hydrogens (tertiary/aromatic N) is 4. The standard InChI is InChI=1S/C25H28N4O2S/c1-5-20(28(3)4)24-26-27-25(29(24)15-18-11-7-6-8-12-18)32-16-21(30)23-17(2)19-13-9-10-14-22(19)31-23/h6-14,20H,5,15-16H2,1-4H3/t20-/m1/s1. The maximum absolute atomic E-state index is 13.0. The first-order valence-electron chi connectivity index (χ1n) is 10.8. The molecule has 0 aliphatic carbocycles. The largest absolute Gasteiger partial charge is 0.453 e. The third-order valence-electron chi connectivity index (χ3n) is 5.67. The highest BCUT2D eigenvalue weighted by Crippen LogP contribution is 2.29. The van der Waals surface area contributed by atoms with Gasteiger partial charge in [0.05, 0.1) is 18.3 Å².